The Morgan fingerprint density at radius 3 is 2.67 bits per heavy atom. The van der Waals surface area contributed by atoms with Crippen molar-refractivity contribution in [2.24, 2.45) is 11.3 Å². The number of H-pyrrole nitrogens is 1. The van der Waals surface area contributed by atoms with Gasteiger partial charge in [0.2, 0.25) is 5.88 Å². The summed E-state index contributed by atoms with van der Waals surface area (Å²) in [5.41, 5.74) is 2.69. The van der Waals surface area contributed by atoms with Gasteiger partial charge in [0.05, 0.1) is 7.11 Å². The number of carbonyl (C=O) groups is 1. The molecule has 2 N–H and O–H groups in total. The average molecular weight is 452 g/mol. The highest BCUT2D eigenvalue weighted by Crippen LogP contribution is 2.45. The molecule has 0 atom stereocenters. The van der Waals surface area contributed by atoms with Gasteiger partial charge in [-0.1, -0.05) is 13.3 Å². The quantitative estimate of drug-likeness (QED) is 0.476. The first-order chi connectivity index (χ1) is 15.9. The van der Waals surface area contributed by atoms with Gasteiger partial charge < -0.3 is 19.7 Å². The summed E-state index contributed by atoms with van der Waals surface area (Å²) in [6.45, 7) is 3.19. The van der Waals surface area contributed by atoms with Crippen LogP contribution in [0.1, 0.15) is 51.9 Å². The molecule has 0 saturated heterocycles. The summed E-state index contributed by atoms with van der Waals surface area (Å²) < 4.78 is 5.18. The molecular weight excluding hydrogens is 418 g/mol. The number of hydrogen-bond acceptors (Lipinski definition) is 6. The number of pyridine rings is 2. The molecule has 8 heteroatoms. The van der Waals surface area contributed by atoms with Gasteiger partial charge in [-0.05, 0) is 61.6 Å². The Morgan fingerprint density at radius 2 is 2.03 bits per heavy atom. The number of nitrogens with one attached hydrogen (secondary N) is 1. The Labute approximate surface area is 194 Å². The first kappa shape index (κ1) is 23.0. The Balaban J connectivity index is 1.37. The Bertz CT molecular complexity index is 1090. The van der Waals surface area contributed by atoms with Gasteiger partial charge >= 0.3 is 5.97 Å². The van der Waals surface area contributed by atoms with Crippen molar-refractivity contribution in [3.8, 4) is 17.3 Å². The van der Waals surface area contributed by atoms with Crippen molar-refractivity contribution in [1.82, 2.24) is 19.9 Å². The first-order valence-electron chi connectivity index (χ1n) is 11.7. The topological polar surface area (TPSA) is 104 Å². The summed E-state index contributed by atoms with van der Waals surface area (Å²) >= 11 is 0. The second-order valence-corrected chi connectivity index (χ2v) is 9.28. The van der Waals surface area contributed by atoms with E-state index >= 15 is 0 Å². The third-order valence-electron chi connectivity index (χ3n) is 7.30. The number of aliphatic carboxylic acids is 1. The Kier molecular flexibility index (Phi) is 6.81. The monoisotopic (exact) mass is 451 g/mol. The van der Waals surface area contributed by atoms with E-state index in [9.17, 15) is 4.79 Å². The van der Waals surface area contributed by atoms with E-state index in [2.05, 4.69) is 38.8 Å². The van der Waals surface area contributed by atoms with Crippen molar-refractivity contribution in [2.45, 2.75) is 51.9 Å². The van der Waals surface area contributed by atoms with Crippen LogP contribution in [0.4, 0.5) is 5.82 Å². The molecule has 1 fully saturated rings. The Morgan fingerprint density at radius 1 is 1.24 bits per heavy atom. The molecule has 3 aromatic heterocycles. The maximum Gasteiger partial charge on any atom is 0.303 e. The molecule has 0 bridgehead atoms. The maximum atomic E-state index is 11.0. The molecule has 0 unspecified atom stereocenters. The number of fused-ring (bicyclic) bond motifs is 1. The molecule has 1 saturated carbocycles. The molecule has 1 aliphatic rings. The van der Waals surface area contributed by atoms with Gasteiger partial charge in [0.15, 0.2) is 5.65 Å². The van der Waals surface area contributed by atoms with Crippen LogP contribution in [0.3, 0.4) is 0 Å². The molecule has 33 heavy (non-hydrogen) atoms. The van der Waals surface area contributed by atoms with Crippen LogP contribution < -0.4 is 9.64 Å². The standard InChI is InChI=1S/C25H33N5O3/c1-4-25(11-9-17(10-12-25)15-22(31)32)13-14-30(2)20-7-5-18(16-26-20)23-27-19-6-8-21(33-3)28-24(19)29-23/h5-8,16-17H,4,9-15H2,1-3H3,(H,31,32)(H,27,28,29). The summed E-state index contributed by atoms with van der Waals surface area (Å²) in [4.78, 5) is 30.1. The average Bonchev–Trinajstić information content (AvgIpc) is 3.27. The van der Waals surface area contributed by atoms with E-state index in [0.717, 1.165) is 67.8 Å². The van der Waals surface area contributed by atoms with Gasteiger partial charge in [0.1, 0.15) is 17.2 Å². The lowest BCUT2D eigenvalue weighted by atomic mass is 9.66. The molecule has 4 rings (SSSR count). The number of imidazole rings is 1. The third-order valence-corrected chi connectivity index (χ3v) is 7.30. The van der Waals surface area contributed by atoms with Crippen molar-refractivity contribution >= 4 is 23.0 Å². The zero-order chi connectivity index (χ0) is 23.4. The molecule has 3 aromatic rings. The van der Waals surface area contributed by atoms with Gasteiger partial charge in [-0.2, -0.15) is 4.98 Å². The normalized spacial score (nSPS) is 20.6. The molecule has 0 radical (unpaired) electrons. The number of nitrogens with zero attached hydrogens (tertiary/aromatic N) is 4. The Hall–Kier alpha value is -3.16. The molecule has 0 aromatic carbocycles. The number of anilines is 1. The van der Waals surface area contributed by atoms with E-state index in [-0.39, 0.29) is 0 Å². The van der Waals surface area contributed by atoms with Gasteiger partial charge in [-0.15, -0.1) is 0 Å². The fourth-order valence-electron chi connectivity index (χ4n) is 4.92. The highest BCUT2D eigenvalue weighted by molar-refractivity contribution is 5.76. The molecule has 176 valence electrons. The zero-order valence-corrected chi connectivity index (χ0v) is 19.7. The fourth-order valence-corrected chi connectivity index (χ4v) is 4.92. The molecule has 3 heterocycles. The van der Waals surface area contributed by atoms with Gasteiger partial charge in [0, 0.05) is 37.8 Å². The number of rotatable bonds is 9. The lowest BCUT2D eigenvalue weighted by Crippen LogP contribution is -2.32. The summed E-state index contributed by atoms with van der Waals surface area (Å²) in [7, 11) is 3.68. The van der Waals surface area contributed by atoms with Crippen molar-refractivity contribution in [3.63, 3.8) is 0 Å². The molecular formula is C25H33N5O3. The van der Waals surface area contributed by atoms with Crippen LogP contribution >= 0.6 is 0 Å². The summed E-state index contributed by atoms with van der Waals surface area (Å²) in [5, 5.41) is 9.08. The van der Waals surface area contributed by atoms with Gasteiger partial charge in [0.25, 0.3) is 0 Å². The smallest absolute Gasteiger partial charge is 0.303 e. The van der Waals surface area contributed by atoms with E-state index in [4.69, 9.17) is 9.84 Å². The number of aromatic nitrogens is 4. The van der Waals surface area contributed by atoms with E-state index in [0.29, 0.717) is 29.3 Å². The van der Waals surface area contributed by atoms with Crippen LogP contribution in [-0.4, -0.2) is 51.7 Å². The maximum absolute atomic E-state index is 11.0. The van der Waals surface area contributed by atoms with Crippen LogP contribution in [-0.2, 0) is 4.79 Å². The fraction of sp³-hybridized carbons (Fsp3) is 0.520. The van der Waals surface area contributed by atoms with Crippen LogP contribution in [0.2, 0.25) is 0 Å². The number of methoxy groups -OCH3 is 1. The van der Waals surface area contributed by atoms with Crippen LogP contribution in [0.25, 0.3) is 22.6 Å². The zero-order valence-electron chi connectivity index (χ0n) is 19.7. The largest absolute Gasteiger partial charge is 0.481 e. The van der Waals surface area contributed by atoms with Crippen LogP contribution in [0.15, 0.2) is 30.5 Å². The van der Waals surface area contributed by atoms with Gasteiger partial charge in [-0.25, -0.2) is 9.97 Å². The van der Waals surface area contributed by atoms with E-state index in [1.807, 2.05) is 24.4 Å². The van der Waals surface area contributed by atoms with Crippen molar-refractivity contribution in [3.05, 3.63) is 30.5 Å². The summed E-state index contributed by atoms with van der Waals surface area (Å²) in [6, 6.07) is 7.74. The van der Waals surface area contributed by atoms with E-state index in [1.165, 1.54) is 0 Å². The van der Waals surface area contributed by atoms with Crippen molar-refractivity contribution < 1.29 is 14.6 Å². The summed E-state index contributed by atoms with van der Waals surface area (Å²) in [6.07, 6.45) is 8.67. The van der Waals surface area contributed by atoms with Crippen LogP contribution in [0, 0.1) is 11.3 Å². The molecule has 8 nitrogen and oxygen atoms in total. The molecule has 0 aliphatic heterocycles. The third kappa shape index (κ3) is 5.26. The predicted octanol–water partition coefficient (Wildman–Crippen LogP) is 4.92. The molecule has 0 amide bonds. The van der Waals surface area contributed by atoms with Crippen molar-refractivity contribution in [1.29, 1.82) is 0 Å². The lowest BCUT2D eigenvalue weighted by Gasteiger charge is -2.40. The molecule has 1 aliphatic carbocycles. The molecule has 0 spiro atoms. The minimum absolute atomic E-state index is 0.310. The van der Waals surface area contributed by atoms with E-state index < -0.39 is 5.97 Å². The number of ether oxygens (including phenoxy) is 1. The predicted molar refractivity (Wildman–Crippen MR) is 128 cm³/mol. The second kappa shape index (κ2) is 9.77. The number of carboxylic acid groups (broad SMARTS) is 1. The van der Waals surface area contributed by atoms with Gasteiger partial charge in [-0.3, -0.25) is 4.79 Å². The number of aromatic amines is 1. The van der Waals surface area contributed by atoms with E-state index in [1.54, 1.807) is 13.2 Å². The minimum Gasteiger partial charge on any atom is -0.481 e. The number of hydrogen-bond donors (Lipinski definition) is 2. The minimum atomic E-state index is -0.670. The summed E-state index contributed by atoms with van der Waals surface area (Å²) in [5.74, 6) is 1.88. The highest BCUT2D eigenvalue weighted by atomic mass is 16.5. The first-order valence-corrected chi connectivity index (χ1v) is 11.7. The highest BCUT2D eigenvalue weighted by Gasteiger charge is 2.34. The number of carboxylic acids is 1. The van der Waals surface area contributed by atoms with Crippen molar-refractivity contribution in [2.75, 3.05) is 25.6 Å². The van der Waals surface area contributed by atoms with Crippen LogP contribution in [0.5, 0.6) is 5.88 Å². The second-order valence-electron chi connectivity index (χ2n) is 9.28. The lowest BCUT2D eigenvalue weighted by molar-refractivity contribution is -0.138. The SMILES string of the molecule is CCC1(CCN(C)c2ccc(-c3nc4ccc(OC)nc4[nH]3)cn2)CCC(CC(=O)O)CC1.